The Hall–Kier alpha value is -1.75. The summed E-state index contributed by atoms with van der Waals surface area (Å²) < 4.78 is 1.87. The topological polar surface area (TPSA) is 69.6 Å². The van der Waals surface area contributed by atoms with E-state index in [2.05, 4.69) is 34.6 Å². The Morgan fingerprint density at radius 3 is 2.76 bits per heavy atom. The number of nitrogens with two attached hydrogens (primary N) is 1. The fraction of sp³-hybridized carbons (Fsp3) is 0.417. The fourth-order valence-electron chi connectivity index (χ4n) is 1.81. The van der Waals surface area contributed by atoms with Crippen LogP contribution in [0.5, 0.6) is 0 Å². The van der Waals surface area contributed by atoms with Gasteiger partial charge in [-0.15, -0.1) is 5.10 Å². The summed E-state index contributed by atoms with van der Waals surface area (Å²) in [5.74, 6) is 0.895. The smallest absolute Gasteiger partial charge is 0.152 e. The Morgan fingerprint density at radius 1 is 1.29 bits per heavy atom. The number of tetrazole rings is 1. The van der Waals surface area contributed by atoms with Crippen LogP contribution in [0.25, 0.3) is 0 Å². The van der Waals surface area contributed by atoms with Gasteiger partial charge in [0.15, 0.2) is 5.82 Å². The molecule has 0 saturated heterocycles. The van der Waals surface area contributed by atoms with E-state index in [9.17, 15) is 0 Å². The Kier molecular flexibility index (Phi) is 3.82. The maximum absolute atomic E-state index is 5.50. The van der Waals surface area contributed by atoms with Crippen molar-refractivity contribution in [1.82, 2.24) is 20.2 Å². The van der Waals surface area contributed by atoms with Gasteiger partial charge in [-0.2, -0.15) is 0 Å². The predicted octanol–water partition coefficient (Wildman–Crippen LogP) is 1.17. The van der Waals surface area contributed by atoms with Gasteiger partial charge in [0.2, 0.25) is 0 Å². The first-order chi connectivity index (χ1) is 8.33. The van der Waals surface area contributed by atoms with Crippen molar-refractivity contribution < 1.29 is 0 Å². The number of aryl methyl sites for hydroxylation is 1. The number of hydrogen-bond acceptors (Lipinski definition) is 4. The van der Waals surface area contributed by atoms with E-state index in [-0.39, 0.29) is 6.04 Å². The minimum absolute atomic E-state index is 0.152. The van der Waals surface area contributed by atoms with Gasteiger partial charge in [0.25, 0.3) is 0 Å². The van der Waals surface area contributed by atoms with Crippen LogP contribution in [-0.4, -0.2) is 26.8 Å². The van der Waals surface area contributed by atoms with Crippen LogP contribution in [0.1, 0.15) is 30.8 Å². The molecule has 2 N–H and O–H groups in total. The van der Waals surface area contributed by atoms with E-state index in [0.29, 0.717) is 6.54 Å². The third-order valence-electron chi connectivity index (χ3n) is 2.81. The summed E-state index contributed by atoms with van der Waals surface area (Å²) in [6.45, 7) is 2.75. The van der Waals surface area contributed by atoms with Gasteiger partial charge in [-0.3, -0.25) is 0 Å². The van der Waals surface area contributed by atoms with Crippen molar-refractivity contribution in [2.45, 2.75) is 25.8 Å². The zero-order valence-electron chi connectivity index (χ0n) is 9.95. The van der Waals surface area contributed by atoms with Crippen molar-refractivity contribution in [3.8, 4) is 0 Å². The van der Waals surface area contributed by atoms with Gasteiger partial charge in [-0.25, -0.2) is 4.68 Å². The zero-order valence-corrected chi connectivity index (χ0v) is 9.95. The second-order valence-corrected chi connectivity index (χ2v) is 4.02. The maximum atomic E-state index is 5.50. The molecule has 1 unspecified atom stereocenters. The molecule has 17 heavy (non-hydrogen) atoms. The van der Waals surface area contributed by atoms with E-state index < -0.39 is 0 Å². The molecular weight excluding hydrogens is 214 g/mol. The standard InChI is InChI=1S/C12H17N5/c1-10(11-6-3-2-4-7-11)17-12(8-5-9-13)14-15-16-17/h2-4,6-7,10H,5,8-9,13H2,1H3. The normalized spacial score (nSPS) is 12.6. The molecule has 2 aromatic rings. The van der Waals surface area contributed by atoms with Gasteiger partial charge in [0, 0.05) is 6.42 Å². The molecule has 1 aromatic heterocycles. The molecule has 0 spiro atoms. The lowest BCUT2D eigenvalue weighted by Crippen LogP contribution is -2.13. The van der Waals surface area contributed by atoms with Gasteiger partial charge < -0.3 is 5.73 Å². The van der Waals surface area contributed by atoms with E-state index in [4.69, 9.17) is 5.73 Å². The molecule has 0 aliphatic heterocycles. The van der Waals surface area contributed by atoms with Gasteiger partial charge in [-0.05, 0) is 35.9 Å². The minimum Gasteiger partial charge on any atom is -0.330 e. The molecule has 0 amide bonds. The molecule has 2 rings (SSSR count). The van der Waals surface area contributed by atoms with E-state index >= 15 is 0 Å². The van der Waals surface area contributed by atoms with Crippen molar-refractivity contribution >= 4 is 0 Å². The molecule has 0 aliphatic carbocycles. The van der Waals surface area contributed by atoms with Gasteiger partial charge >= 0.3 is 0 Å². The van der Waals surface area contributed by atoms with Crippen LogP contribution in [0.2, 0.25) is 0 Å². The highest BCUT2D eigenvalue weighted by Crippen LogP contribution is 2.17. The SMILES string of the molecule is CC(c1ccccc1)n1nnnc1CCCN. The summed E-state index contributed by atoms with van der Waals surface area (Å²) in [5, 5.41) is 11.9. The Bertz CT molecular complexity index is 451. The van der Waals surface area contributed by atoms with Crippen LogP contribution >= 0.6 is 0 Å². The van der Waals surface area contributed by atoms with Gasteiger partial charge in [0.05, 0.1) is 6.04 Å². The molecule has 90 valence electrons. The molecule has 5 nitrogen and oxygen atoms in total. The molecule has 0 bridgehead atoms. The number of benzene rings is 1. The molecule has 1 aromatic carbocycles. The molecule has 0 fully saturated rings. The first kappa shape index (κ1) is 11.7. The lowest BCUT2D eigenvalue weighted by Gasteiger charge is -2.13. The molecule has 0 saturated carbocycles. The van der Waals surface area contributed by atoms with Crippen LogP contribution in [0.4, 0.5) is 0 Å². The lowest BCUT2D eigenvalue weighted by atomic mass is 10.1. The van der Waals surface area contributed by atoms with Crippen LogP contribution in [0.15, 0.2) is 30.3 Å². The first-order valence-electron chi connectivity index (χ1n) is 5.84. The molecule has 1 atom stereocenters. The van der Waals surface area contributed by atoms with Crippen LogP contribution in [-0.2, 0) is 6.42 Å². The number of hydrogen-bond donors (Lipinski definition) is 1. The monoisotopic (exact) mass is 231 g/mol. The molecule has 0 aliphatic rings. The summed E-state index contributed by atoms with van der Waals surface area (Å²) in [7, 11) is 0. The Morgan fingerprint density at radius 2 is 2.06 bits per heavy atom. The van der Waals surface area contributed by atoms with Gasteiger partial charge in [0.1, 0.15) is 0 Å². The highest BCUT2D eigenvalue weighted by Gasteiger charge is 2.13. The van der Waals surface area contributed by atoms with Crippen molar-refractivity contribution in [2.75, 3.05) is 6.54 Å². The highest BCUT2D eigenvalue weighted by atomic mass is 15.5. The summed E-state index contributed by atoms with van der Waals surface area (Å²) in [6, 6.07) is 10.4. The third kappa shape index (κ3) is 2.68. The average molecular weight is 231 g/mol. The van der Waals surface area contributed by atoms with Crippen LogP contribution in [0, 0.1) is 0 Å². The largest absolute Gasteiger partial charge is 0.330 e. The van der Waals surface area contributed by atoms with Gasteiger partial charge in [-0.1, -0.05) is 30.3 Å². The van der Waals surface area contributed by atoms with Crippen molar-refractivity contribution in [1.29, 1.82) is 0 Å². The third-order valence-corrected chi connectivity index (χ3v) is 2.81. The van der Waals surface area contributed by atoms with Crippen molar-refractivity contribution in [2.24, 2.45) is 5.73 Å². The predicted molar refractivity (Wildman–Crippen MR) is 65.4 cm³/mol. The number of nitrogens with zero attached hydrogens (tertiary/aromatic N) is 4. The Labute approximate surface area is 101 Å². The fourth-order valence-corrected chi connectivity index (χ4v) is 1.81. The van der Waals surface area contributed by atoms with Crippen molar-refractivity contribution in [3.63, 3.8) is 0 Å². The lowest BCUT2D eigenvalue weighted by molar-refractivity contribution is 0.517. The maximum Gasteiger partial charge on any atom is 0.152 e. The van der Waals surface area contributed by atoms with E-state index in [1.165, 1.54) is 5.56 Å². The summed E-state index contributed by atoms with van der Waals surface area (Å²) in [6.07, 6.45) is 1.72. The van der Waals surface area contributed by atoms with E-state index in [0.717, 1.165) is 18.7 Å². The van der Waals surface area contributed by atoms with Crippen molar-refractivity contribution in [3.05, 3.63) is 41.7 Å². The molecular formula is C12H17N5. The van der Waals surface area contributed by atoms with E-state index in [1.54, 1.807) is 0 Å². The Balaban J connectivity index is 2.19. The minimum atomic E-state index is 0.152. The average Bonchev–Trinajstić information content (AvgIpc) is 2.84. The number of rotatable bonds is 5. The zero-order chi connectivity index (χ0) is 12.1. The molecule has 0 radical (unpaired) electrons. The second kappa shape index (κ2) is 5.54. The number of aromatic nitrogens is 4. The van der Waals surface area contributed by atoms with Crippen LogP contribution < -0.4 is 5.73 Å². The summed E-state index contributed by atoms with van der Waals surface area (Å²) in [5.41, 5.74) is 6.71. The first-order valence-corrected chi connectivity index (χ1v) is 5.84. The molecule has 1 heterocycles. The highest BCUT2D eigenvalue weighted by molar-refractivity contribution is 5.19. The molecule has 5 heteroatoms. The quantitative estimate of drug-likeness (QED) is 0.838. The second-order valence-electron chi connectivity index (χ2n) is 4.02. The van der Waals surface area contributed by atoms with Crippen LogP contribution in [0.3, 0.4) is 0 Å². The van der Waals surface area contributed by atoms with E-state index in [1.807, 2.05) is 22.9 Å². The summed E-state index contributed by atoms with van der Waals surface area (Å²) in [4.78, 5) is 0. The summed E-state index contributed by atoms with van der Waals surface area (Å²) >= 11 is 0.